The van der Waals surface area contributed by atoms with Crippen LogP contribution in [0.1, 0.15) is 6.55 Å². The zero-order chi connectivity index (χ0) is 9.97. The Kier molecular flexibility index (Phi) is 2.26. The predicted molar refractivity (Wildman–Crippen MR) is 48.9 cm³/mol. The largest absolute Gasteiger partial charge is 0.320 e. The fourth-order valence-electron chi connectivity index (χ4n) is 1.28. The third kappa shape index (κ3) is 1.51. The monoisotopic (exact) mass is 194 g/mol. The molecule has 14 heavy (non-hydrogen) atoms. The maximum absolute atomic E-state index is 12.5. The van der Waals surface area contributed by atoms with Crippen LogP contribution in [0.2, 0.25) is 0 Å². The summed E-state index contributed by atoms with van der Waals surface area (Å²) in [7, 11) is 0. The van der Waals surface area contributed by atoms with E-state index < -0.39 is 6.55 Å². The van der Waals surface area contributed by atoms with Gasteiger partial charge in [-0.05, 0) is 0 Å². The van der Waals surface area contributed by atoms with E-state index in [4.69, 9.17) is 0 Å². The molecule has 72 valence electrons. The van der Waals surface area contributed by atoms with Crippen LogP contribution in [0.4, 0.5) is 8.78 Å². The molecular weight excluding hydrogens is 186 g/mol. The Labute approximate surface area is 79.8 Å². The molecule has 0 bridgehead atoms. The summed E-state index contributed by atoms with van der Waals surface area (Å²) in [4.78, 5) is 3.89. The van der Waals surface area contributed by atoms with Crippen molar-refractivity contribution in [1.29, 1.82) is 0 Å². The van der Waals surface area contributed by atoms with Crippen molar-refractivity contribution in [1.82, 2.24) is 9.55 Å². The van der Waals surface area contributed by atoms with Crippen molar-refractivity contribution in [2.45, 2.75) is 6.55 Å². The quantitative estimate of drug-likeness (QED) is 0.718. The maximum atomic E-state index is 12.5. The number of alkyl halides is 2. The zero-order valence-corrected chi connectivity index (χ0v) is 7.27. The SMILES string of the molecule is FC(F)n1ccnc1-c1ccccc1. The Morgan fingerprint density at radius 1 is 1.14 bits per heavy atom. The van der Waals surface area contributed by atoms with Crippen molar-refractivity contribution in [2.24, 2.45) is 0 Å². The lowest BCUT2D eigenvalue weighted by Gasteiger charge is -2.05. The molecule has 0 aliphatic carbocycles. The van der Waals surface area contributed by atoms with Crippen LogP contribution in [0.15, 0.2) is 42.7 Å². The molecule has 0 aliphatic heterocycles. The molecule has 2 nitrogen and oxygen atoms in total. The Morgan fingerprint density at radius 3 is 2.50 bits per heavy atom. The van der Waals surface area contributed by atoms with E-state index >= 15 is 0 Å². The lowest BCUT2D eigenvalue weighted by atomic mass is 10.2. The first kappa shape index (κ1) is 8.87. The summed E-state index contributed by atoms with van der Waals surface area (Å²) in [6, 6.07) is 8.92. The van der Waals surface area contributed by atoms with Gasteiger partial charge in [0.25, 0.3) is 0 Å². The van der Waals surface area contributed by atoms with Crippen molar-refractivity contribution in [3.05, 3.63) is 42.7 Å². The van der Waals surface area contributed by atoms with E-state index in [2.05, 4.69) is 4.98 Å². The summed E-state index contributed by atoms with van der Waals surface area (Å²) in [5, 5.41) is 0. The van der Waals surface area contributed by atoms with Crippen LogP contribution in [0.25, 0.3) is 11.4 Å². The highest BCUT2D eigenvalue weighted by molar-refractivity contribution is 5.55. The Balaban J connectivity index is 2.47. The Morgan fingerprint density at radius 2 is 1.86 bits per heavy atom. The van der Waals surface area contributed by atoms with Crippen LogP contribution in [-0.2, 0) is 0 Å². The molecule has 4 heteroatoms. The van der Waals surface area contributed by atoms with Crippen molar-refractivity contribution in [3.63, 3.8) is 0 Å². The molecule has 0 fully saturated rings. The lowest BCUT2D eigenvalue weighted by Crippen LogP contribution is -1.98. The number of benzene rings is 1. The molecular formula is C10H8F2N2. The van der Waals surface area contributed by atoms with Crippen LogP contribution < -0.4 is 0 Å². The number of hydrogen-bond donors (Lipinski definition) is 0. The van der Waals surface area contributed by atoms with Crippen molar-refractivity contribution >= 4 is 0 Å². The zero-order valence-electron chi connectivity index (χ0n) is 7.27. The summed E-state index contributed by atoms with van der Waals surface area (Å²) in [6.45, 7) is -2.55. The van der Waals surface area contributed by atoms with Gasteiger partial charge in [-0.15, -0.1) is 0 Å². The molecule has 1 aromatic heterocycles. The van der Waals surface area contributed by atoms with Crippen LogP contribution in [0.3, 0.4) is 0 Å². The van der Waals surface area contributed by atoms with E-state index in [0.29, 0.717) is 11.4 Å². The number of imidazole rings is 1. The highest BCUT2D eigenvalue weighted by Crippen LogP contribution is 2.21. The average Bonchev–Trinajstić information content (AvgIpc) is 2.67. The van der Waals surface area contributed by atoms with E-state index in [-0.39, 0.29) is 0 Å². The minimum absolute atomic E-state index is 0.292. The highest BCUT2D eigenvalue weighted by atomic mass is 19.3. The second-order valence-electron chi connectivity index (χ2n) is 2.80. The summed E-state index contributed by atoms with van der Waals surface area (Å²) in [5.74, 6) is 0.292. The number of halogens is 2. The van der Waals surface area contributed by atoms with Gasteiger partial charge in [0.15, 0.2) is 0 Å². The molecule has 1 aromatic carbocycles. The highest BCUT2D eigenvalue weighted by Gasteiger charge is 2.11. The minimum atomic E-state index is -2.55. The molecule has 0 radical (unpaired) electrons. The third-order valence-corrected chi connectivity index (χ3v) is 1.91. The van der Waals surface area contributed by atoms with Gasteiger partial charge in [0, 0.05) is 18.0 Å². The number of aromatic nitrogens is 2. The summed E-state index contributed by atoms with van der Waals surface area (Å²) >= 11 is 0. The molecule has 2 rings (SSSR count). The van der Waals surface area contributed by atoms with Gasteiger partial charge in [-0.2, -0.15) is 8.78 Å². The maximum Gasteiger partial charge on any atom is 0.320 e. The smallest absolute Gasteiger partial charge is 0.274 e. The van der Waals surface area contributed by atoms with E-state index in [1.165, 1.54) is 12.4 Å². The average molecular weight is 194 g/mol. The predicted octanol–water partition coefficient (Wildman–Crippen LogP) is 2.95. The first-order chi connectivity index (χ1) is 6.79. The number of nitrogens with zero attached hydrogens (tertiary/aromatic N) is 2. The molecule has 0 N–H and O–H groups in total. The lowest BCUT2D eigenvalue weighted by molar-refractivity contribution is 0.0720. The Bertz CT molecular complexity index is 409. The van der Waals surface area contributed by atoms with Gasteiger partial charge < -0.3 is 0 Å². The van der Waals surface area contributed by atoms with Gasteiger partial charge in [-0.25, -0.2) is 4.98 Å². The molecule has 0 unspecified atom stereocenters. The Hall–Kier alpha value is -1.71. The second kappa shape index (κ2) is 3.57. The van der Waals surface area contributed by atoms with E-state index in [1.54, 1.807) is 24.3 Å². The summed E-state index contributed by atoms with van der Waals surface area (Å²) in [5.41, 5.74) is 0.692. The van der Waals surface area contributed by atoms with Crippen LogP contribution in [0, 0.1) is 0 Å². The van der Waals surface area contributed by atoms with Crippen molar-refractivity contribution in [2.75, 3.05) is 0 Å². The molecule has 0 saturated heterocycles. The standard InChI is InChI=1S/C10H8F2N2/c11-10(12)14-7-6-13-9(14)8-4-2-1-3-5-8/h1-7,10H. The third-order valence-electron chi connectivity index (χ3n) is 1.91. The first-order valence-electron chi connectivity index (χ1n) is 4.15. The molecule has 2 aromatic rings. The van der Waals surface area contributed by atoms with Gasteiger partial charge in [0.05, 0.1) is 0 Å². The van der Waals surface area contributed by atoms with Gasteiger partial charge in [0.1, 0.15) is 5.82 Å². The van der Waals surface area contributed by atoms with Gasteiger partial charge in [-0.1, -0.05) is 30.3 Å². The molecule has 0 atom stereocenters. The molecule has 0 aliphatic rings. The molecule has 0 spiro atoms. The van der Waals surface area contributed by atoms with Gasteiger partial charge in [0.2, 0.25) is 0 Å². The fourth-order valence-corrected chi connectivity index (χ4v) is 1.28. The number of hydrogen-bond acceptors (Lipinski definition) is 1. The topological polar surface area (TPSA) is 17.8 Å². The van der Waals surface area contributed by atoms with Crippen LogP contribution in [-0.4, -0.2) is 9.55 Å². The molecule has 0 saturated carbocycles. The van der Waals surface area contributed by atoms with Crippen molar-refractivity contribution in [3.8, 4) is 11.4 Å². The van der Waals surface area contributed by atoms with E-state index in [0.717, 1.165) is 4.57 Å². The minimum Gasteiger partial charge on any atom is -0.274 e. The van der Waals surface area contributed by atoms with Gasteiger partial charge >= 0.3 is 6.55 Å². The van der Waals surface area contributed by atoms with E-state index in [9.17, 15) is 8.78 Å². The molecule has 0 amide bonds. The van der Waals surface area contributed by atoms with E-state index in [1.807, 2.05) is 6.07 Å². The summed E-state index contributed by atoms with van der Waals surface area (Å²) < 4.78 is 25.8. The fraction of sp³-hybridized carbons (Fsp3) is 0.100. The molecule has 1 heterocycles. The van der Waals surface area contributed by atoms with Crippen LogP contribution >= 0.6 is 0 Å². The second-order valence-corrected chi connectivity index (χ2v) is 2.80. The normalized spacial score (nSPS) is 10.8. The van der Waals surface area contributed by atoms with Gasteiger partial charge in [-0.3, -0.25) is 4.57 Å². The summed E-state index contributed by atoms with van der Waals surface area (Å²) in [6.07, 6.45) is 2.64. The van der Waals surface area contributed by atoms with Crippen LogP contribution in [0.5, 0.6) is 0 Å². The first-order valence-corrected chi connectivity index (χ1v) is 4.15. The van der Waals surface area contributed by atoms with Crippen molar-refractivity contribution < 1.29 is 8.78 Å². The number of rotatable bonds is 2.